The molecule has 0 atom stereocenters. The maximum atomic E-state index is 8.81. The van der Waals surface area contributed by atoms with Crippen LogP contribution in [0, 0.1) is 0 Å². The molecule has 0 aliphatic heterocycles. The van der Waals surface area contributed by atoms with Gasteiger partial charge in [-0.2, -0.15) is 0 Å². The van der Waals surface area contributed by atoms with Crippen molar-refractivity contribution in [1.82, 2.24) is 0 Å². The molecule has 0 amide bonds. The third-order valence-electron chi connectivity index (χ3n) is 0. The molecule has 0 aromatic carbocycles. The molecule has 0 saturated carbocycles. The van der Waals surface area contributed by atoms with Crippen molar-refractivity contribution in [2.75, 3.05) is 0 Å². The summed E-state index contributed by atoms with van der Waals surface area (Å²) in [5.74, 6) is 0. The zero-order valence-corrected chi connectivity index (χ0v) is 6.92. The van der Waals surface area contributed by atoms with Gasteiger partial charge in [0, 0.05) is 39.0 Å². The number of carbonyl (C=O) groups excluding carboxylic acids is 2. The minimum absolute atomic E-state index is 0. The first-order valence-electron chi connectivity index (χ1n) is 1.05. The Kier molecular flexibility index (Phi) is 298. The molecule has 0 aromatic heterocycles. The van der Waals surface area contributed by atoms with Crippen LogP contribution in [-0.4, -0.2) is 13.1 Å². The van der Waals surface area contributed by atoms with Crippen LogP contribution in [0.3, 0.4) is 0 Å². The van der Waals surface area contributed by atoms with Crippen LogP contribution < -0.4 is 0 Å². The summed E-state index contributed by atoms with van der Waals surface area (Å²) in [6.07, 6.45) is 0.750. The quantitative estimate of drug-likeness (QED) is 0.353. The van der Waals surface area contributed by atoms with E-state index in [9.17, 15) is 0 Å². The zero-order valence-electron chi connectivity index (χ0n) is 3.64. The number of aldehydes is 1. The van der Waals surface area contributed by atoms with E-state index in [0.717, 1.165) is 6.29 Å². The second-order valence-electron chi connectivity index (χ2n) is 0.236. The third kappa shape index (κ3) is 403. The molecule has 7 heavy (non-hydrogen) atoms. The van der Waals surface area contributed by atoms with Gasteiger partial charge in [-0.05, 0) is 6.92 Å². The monoisotopic (exact) mass is 279 g/mol. The zero-order chi connectivity index (χ0) is 4.71. The van der Waals surface area contributed by atoms with Crippen molar-refractivity contribution in [3.63, 3.8) is 0 Å². The third-order valence-corrected chi connectivity index (χ3v) is 0. The van der Waals surface area contributed by atoms with E-state index < -0.39 is 0 Å². The molecule has 0 unspecified atom stereocenters. The van der Waals surface area contributed by atoms with Gasteiger partial charge in [-0.3, -0.25) is 6.79 Å². The van der Waals surface area contributed by atoms with E-state index in [1.807, 2.05) is 0 Å². The number of hydrogen-bond donors (Lipinski definition) is 0. The molecular weight excluding hydrogens is 274 g/mol. The molecule has 0 saturated heterocycles. The largest absolute Gasteiger partial charge is 0.545 e. The van der Waals surface area contributed by atoms with E-state index in [1.165, 1.54) is 6.92 Å². The molecule has 0 aromatic rings. The standard InChI is InChI=1S/C2H4O.CHO.2Rh/c1-2-3;1-2;;/h2H,1H3;1H;;/q;-1;;. The van der Waals surface area contributed by atoms with Crippen LogP contribution in [0.1, 0.15) is 6.92 Å². The number of rotatable bonds is 0. The molecule has 0 aliphatic carbocycles. The van der Waals surface area contributed by atoms with E-state index >= 15 is 0 Å². The van der Waals surface area contributed by atoms with Crippen LogP contribution in [0.4, 0.5) is 0 Å². The van der Waals surface area contributed by atoms with Crippen LogP contribution in [0.2, 0.25) is 0 Å². The summed E-state index contributed by atoms with van der Waals surface area (Å²) in [6, 6.07) is 0. The Morgan fingerprint density at radius 1 is 1.29 bits per heavy atom. The topological polar surface area (TPSA) is 34.1 Å². The Morgan fingerprint density at radius 2 is 1.29 bits per heavy atom. The Balaban J connectivity index is -0.0000000105. The molecule has 0 heterocycles. The first kappa shape index (κ1) is 25.6. The molecule has 2 nitrogen and oxygen atoms in total. The van der Waals surface area contributed by atoms with Crippen molar-refractivity contribution in [2.45, 2.75) is 6.92 Å². The van der Waals surface area contributed by atoms with Gasteiger partial charge in [-0.15, -0.1) is 0 Å². The van der Waals surface area contributed by atoms with Gasteiger partial charge in [0.15, 0.2) is 0 Å². The molecule has 0 spiro atoms. The normalized spacial score (nSPS) is 2.43. The van der Waals surface area contributed by atoms with Crippen LogP contribution in [0.15, 0.2) is 0 Å². The SMILES string of the molecule is CC=O.[CH-]=O.[Rh].[Rh]. The first-order valence-corrected chi connectivity index (χ1v) is 1.05. The fourth-order valence-electron chi connectivity index (χ4n) is 0. The van der Waals surface area contributed by atoms with Crippen LogP contribution >= 0.6 is 0 Å². The summed E-state index contributed by atoms with van der Waals surface area (Å²) in [5, 5.41) is 0. The van der Waals surface area contributed by atoms with Crippen LogP contribution in [0.5, 0.6) is 0 Å². The van der Waals surface area contributed by atoms with E-state index in [1.54, 1.807) is 0 Å². The summed E-state index contributed by atoms with van der Waals surface area (Å²) >= 11 is 0. The first-order chi connectivity index (χ1) is 2.41. The maximum absolute atomic E-state index is 8.81. The van der Waals surface area contributed by atoms with Gasteiger partial charge in [0.25, 0.3) is 0 Å². The van der Waals surface area contributed by atoms with Crippen LogP contribution in [0.25, 0.3) is 0 Å². The van der Waals surface area contributed by atoms with Crippen molar-refractivity contribution in [3.8, 4) is 0 Å². The van der Waals surface area contributed by atoms with E-state index in [2.05, 4.69) is 6.79 Å². The van der Waals surface area contributed by atoms with Gasteiger partial charge in [-0.25, -0.2) is 0 Å². The van der Waals surface area contributed by atoms with Gasteiger partial charge >= 0.3 is 0 Å². The second kappa shape index (κ2) is 81.7. The molecule has 4 heteroatoms. The Hall–Kier alpha value is 0.587. The minimum Gasteiger partial charge on any atom is -0.545 e. The van der Waals surface area contributed by atoms with Gasteiger partial charge in [0.2, 0.25) is 0 Å². The average molecular weight is 279 g/mol. The molecule has 0 fully saturated rings. The molecule has 0 rings (SSSR count). The van der Waals surface area contributed by atoms with E-state index in [-0.39, 0.29) is 39.0 Å². The summed E-state index contributed by atoms with van der Waals surface area (Å²) in [5.41, 5.74) is 0. The van der Waals surface area contributed by atoms with Crippen LogP contribution in [-0.2, 0) is 48.5 Å². The molecule has 0 bridgehead atoms. The fraction of sp³-hybridized carbons (Fsp3) is 0.333. The fourth-order valence-corrected chi connectivity index (χ4v) is 0. The second-order valence-corrected chi connectivity index (χ2v) is 0.236. The summed E-state index contributed by atoms with van der Waals surface area (Å²) in [6.45, 7) is 4.69. The van der Waals surface area contributed by atoms with Gasteiger partial charge in [0.05, 0.1) is 0 Å². The molecule has 0 aliphatic rings. The molecule has 0 N–H and O–H groups in total. The van der Waals surface area contributed by atoms with Crippen molar-refractivity contribution in [3.05, 3.63) is 0 Å². The molecule has 2 radical (unpaired) electrons. The minimum atomic E-state index is 0. The predicted molar refractivity (Wildman–Crippen MR) is 18.5 cm³/mol. The van der Waals surface area contributed by atoms with Crippen molar-refractivity contribution >= 4 is 13.1 Å². The van der Waals surface area contributed by atoms with E-state index in [4.69, 9.17) is 9.59 Å². The smallest absolute Gasteiger partial charge is 0.116 e. The Morgan fingerprint density at radius 3 is 1.29 bits per heavy atom. The van der Waals surface area contributed by atoms with Crippen molar-refractivity contribution in [1.29, 1.82) is 0 Å². The Labute approximate surface area is 68.6 Å². The molecular formula is C3H5O2Rh2-. The summed E-state index contributed by atoms with van der Waals surface area (Å²) in [7, 11) is 0. The predicted octanol–water partition coefficient (Wildman–Crippen LogP) is -0.0739. The number of hydrogen-bond acceptors (Lipinski definition) is 2. The van der Waals surface area contributed by atoms with Crippen molar-refractivity contribution < 1.29 is 48.5 Å². The summed E-state index contributed by atoms with van der Waals surface area (Å²) in [4.78, 5) is 16.6. The molecule has 48 valence electrons. The maximum Gasteiger partial charge on any atom is 0.116 e. The number of carbonyl (C=O) groups is 1. The van der Waals surface area contributed by atoms with Gasteiger partial charge in [0.1, 0.15) is 6.29 Å². The van der Waals surface area contributed by atoms with Gasteiger partial charge < -0.3 is 9.59 Å². The Bertz CT molecular complexity index is 24.9. The average Bonchev–Trinajstić information content (AvgIpc) is 1.46. The van der Waals surface area contributed by atoms with Crippen molar-refractivity contribution in [2.24, 2.45) is 0 Å². The summed E-state index contributed by atoms with van der Waals surface area (Å²) < 4.78 is 0. The van der Waals surface area contributed by atoms with E-state index in [0.29, 0.717) is 0 Å². The van der Waals surface area contributed by atoms with Gasteiger partial charge in [-0.1, -0.05) is 0 Å².